The molecule has 6 rings (SSSR count). The molecule has 0 aromatic heterocycles. The molecule has 0 radical (unpaired) electrons. The smallest absolute Gasteiger partial charge is 0.119 e. The van der Waals surface area contributed by atoms with Gasteiger partial charge in [0.1, 0.15) is 23.0 Å². The molecule has 2 aliphatic rings. The summed E-state index contributed by atoms with van der Waals surface area (Å²) in [7, 11) is 0. The zero-order valence-electron chi connectivity index (χ0n) is 22.8. The molecule has 0 amide bonds. The van der Waals surface area contributed by atoms with Gasteiger partial charge in [-0.2, -0.15) is 0 Å². The fraction of sp³-hybridized carbons (Fsp3) is 0.333. The maximum atomic E-state index is 10.9. The molecule has 2 fully saturated rings. The van der Waals surface area contributed by atoms with Crippen LogP contribution in [-0.4, -0.2) is 20.4 Å². The summed E-state index contributed by atoms with van der Waals surface area (Å²) in [6, 6.07) is 30.4. The standard InChI is InChI=1S/C36H38O4/c37-31-13-5-1-9-27(31)35(28-10-2-6-14-32(28)38)21-17-25(18-22-35)26-19-23-36(24-20-26,29-11-3-7-15-33(29)39)30-12-4-8-16-34(30)40/h1-16,25-26,37-40H,17-24H2. The molecular weight excluding hydrogens is 496 g/mol. The first-order chi connectivity index (χ1) is 19.4. The van der Waals surface area contributed by atoms with Crippen LogP contribution >= 0.6 is 0 Å². The predicted molar refractivity (Wildman–Crippen MR) is 158 cm³/mol. The number of rotatable bonds is 5. The average molecular weight is 535 g/mol. The van der Waals surface area contributed by atoms with Crippen molar-refractivity contribution in [2.24, 2.45) is 11.8 Å². The van der Waals surface area contributed by atoms with Gasteiger partial charge in [0.2, 0.25) is 0 Å². The molecule has 4 N–H and O–H groups in total. The molecule has 4 nitrogen and oxygen atoms in total. The molecule has 0 atom stereocenters. The zero-order chi connectivity index (χ0) is 27.7. The minimum Gasteiger partial charge on any atom is -0.508 e. The molecule has 2 aliphatic carbocycles. The van der Waals surface area contributed by atoms with Gasteiger partial charge in [0.15, 0.2) is 0 Å². The van der Waals surface area contributed by atoms with E-state index in [0.717, 1.165) is 73.6 Å². The lowest BCUT2D eigenvalue weighted by molar-refractivity contribution is 0.137. The molecule has 40 heavy (non-hydrogen) atoms. The molecule has 0 saturated heterocycles. The Labute approximate surface area is 236 Å². The first-order valence-electron chi connectivity index (χ1n) is 14.6. The van der Waals surface area contributed by atoms with Gasteiger partial charge in [-0.1, -0.05) is 72.8 Å². The normalized spacial score (nSPS) is 19.3. The predicted octanol–water partition coefficient (Wildman–Crippen LogP) is 8.16. The highest BCUT2D eigenvalue weighted by Crippen LogP contribution is 2.56. The maximum absolute atomic E-state index is 10.9. The van der Waals surface area contributed by atoms with Crippen molar-refractivity contribution in [3.63, 3.8) is 0 Å². The van der Waals surface area contributed by atoms with Crippen molar-refractivity contribution in [3.8, 4) is 23.0 Å². The van der Waals surface area contributed by atoms with E-state index in [1.165, 1.54) is 0 Å². The van der Waals surface area contributed by atoms with E-state index in [1.807, 2.05) is 72.8 Å². The molecule has 4 heteroatoms. The molecule has 206 valence electrons. The number of para-hydroxylation sites is 4. The summed E-state index contributed by atoms with van der Waals surface area (Å²) in [5.41, 5.74) is 2.76. The highest BCUT2D eigenvalue weighted by Gasteiger charge is 2.46. The second kappa shape index (κ2) is 10.6. The summed E-state index contributed by atoms with van der Waals surface area (Å²) >= 11 is 0. The molecular formula is C36H38O4. The van der Waals surface area contributed by atoms with Crippen molar-refractivity contribution in [2.45, 2.75) is 62.2 Å². The molecule has 0 aliphatic heterocycles. The van der Waals surface area contributed by atoms with Gasteiger partial charge in [-0.15, -0.1) is 0 Å². The first-order valence-corrected chi connectivity index (χ1v) is 14.6. The van der Waals surface area contributed by atoms with E-state index in [4.69, 9.17) is 0 Å². The molecule has 0 unspecified atom stereocenters. The van der Waals surface area contributed by atoms with Crippen LogP contribution in [0.3, 0.4) is 0 Å². The van der Waals surface area contributed by atoms with E-state index in [2.05, 4.69) is 0 Å². The van der Waals surface area contributed by atoms with Crippen molar-refractivity contribution < 1.29 is 20.4 Å². The number of benzene rings is 4. The minimum absolute atomic E-state index is 0.289. The van der Waals surface area contributed by atoms with Crippen molar-refractivity contribution in [2.75, 3.05) is 0 Å². The van der Waals surface area contributed by atoms with E-state index in [0.29, 0.717) is 11.8 Å². The van der Waals surface area contributed by atoms with Crippen molar-refractivity contribution in [1.29, 1.82) is 0 Å². The fourth-order valence-electron chi connectivity index (χ4n) is 8.09. The van der Waals surface area contributed by atoms with Crippen LogP contribution in [0.1, 0.15) is 73.6 Å². The second-order valence-corrected chi connectivity index (χ2v) is 11.9. The first kappa shape index (κ1) is 26.3. The fourth-order valence-corrected chi connectivity index (χ4v) is 8.09. The summed E-state index contributed by atoms with van der Waals surface area (Å²) in [5, 5.41) is 43.6. The summed E-state index contributed by atoms with van der Waals surface area (Å²) in [6.07, 6.45) is 7.56. The minimum atomic E-state index is -0.419. The van der Waals surface area contributed by atoms with E-state index < -0.39 is 10.8 Å². The Morgan fingerprint density at radius 3 is 0.825 bits per heavy atom. The zero-order valence-corrected chi connectivity index (χ0v) is 22.8. The van der Waals surface area contributed by atoms with Crippen LogP contribution in [0, 0.1) is 11.8 Å². The third kappa shape index (κ3) is 4.40. The third-order valence-corrected chi connectivity index (χ3v) is 10.1. The van der Waals surface area contributed by atoms with Crippen LogP contribution in [0.15, 0.2) is 97.1 Å². The number of aromatic hydroxyl groups is 4. The third-order valence-electron chi connectivity index (χ3n) is 10.1. The van der Waals surface area contributed by atoms with E-state index in [9.17, 15) is 20.4 Å². The Morgan fingerprint density at radius 2 is 0.600 bits per heavy atom. The highest BCUT2D eigenvalue weighted by atomic mass is 16.3. The van der Waals surface area contributed by atoms with Crippen LogP contribution < -0.4 is 0 Å². The van der Waals surface area contributed by atoms with Gasteiger partial charge < -0.3 is 20.4 Å². The van der Waals surface area contributed by atoms with Crippen LogP contribution in [0.2, 0.25) is 0 Å². The van der Waals surface area contributed by atoms with Gasteiger partial charge in [-0.3, -0.25) is 0 Å². The van der Waals surface area contributed by atoms with Crippen LogP contribution in [0.5, 0.6) is 23.0 Å². The summed E-state index contributed by atoms with van der Waals surface area (Å²) in [5.74, 6) is 2.26. The Morgan fingerprint density at radius 1 is 0.375 bits per heavy atom. The Hall–Kier alpha value is -3.92. The second-order valence-electron chi connectivity index (χ2n) is 11.9. The van der Waals surface area contributed by atoms with Gasteiger partial charge in [-0.05, 0) is 87.5 Å². The lowest BCUT2D eigenvalue weighted by atomic mass is 9.57. The van der Waals surface area contributed by atoms with Crippen LogP contribution in [0.4, 0.5) is 0 Å². The molecule has 2 saturated carbocycles. The topological polar surface area (TPSA) is 80.9 Å². The van der Waals surface area contributed by atoms with Gasteiger partial charge in [0.05, 0.1) is 0 Å². The quantitative estimate of drug-likeness (QED) is 0.208. The largest absolute Gasteiger partial charge is 0.508 e. The van der Waals surface area contributed by atoms with Gasteiger partial charge in [0, 0.05) is 33.1 Å². The lowest BCUT2D eigenvalue weighted by Crippen LogP contribution is -2.38. The number of hydrogen-bond donors (Lipinski definition) is 4. The molecule has 4 aromatic carbocycles. The summed E-state index contributed by atoms with van der Waals surface area (Å²) in [4.78, 5) is 0. The van der Waals surface area contributed by atoms with Gasteiger partial charge in [-0.25, -0.2) is 0 Å². The Bertz CT molecular complexity index is 1270. The van der Waals surface area contributed by atoms with E-state index in [-0.39, 0.29) is 23.0 Å². The van der Waals surface area contributed by atoms with Crippen molar-refractivity contribution in [3.05, 3.63) is 119 Å². The van der Waals surface area contributed by atoms with E-state index in [1.54, 1.807) is 24.3 Å². The van der Waals surface area contributed by atoms with Crippen molar-refractivity contribution >= 4 is 0 Å². The SMILES string of the molecule is Oc1ccccc1C1(c2ccccc2O)CCC(C2CCC(c3ccccc3O)(c3ccccc3O)CC2)CC1. The number of hydrogen-bond acceptors (Lipinski definition) is 4. The maximum Gasteiger partial charge on any atom is 0.119 e. The monoisotopic (exact) mass is 534 g/mol. The average Bonchev–Trinajstić information content (AvgIpc) is 2.98. The molecule has 4 aromatic rings. The molecule has 0 bridgehead atoms. The van der Waals surface area contributed by atoms with Crippen LogP contribution in [0.25, 0.3) is 0 Å². The number of phenols is 4. The molecule has 0 spiro atoms. The summed E-state index contributed by atoms with van der Waals surface area (Å²) < 4.78 is 0. The molecule has 0 heterocycles. The van der Waals surface area contributed by atoms with E-state index >= 15 is 0 Å². The lowest BCUT2D eigenvalue weighted by Gasteiger charge is -2.47. The number of phenolic OH excluding ortho intramolecular Hbond substituents is 4. The van der Waals surface area contributed by atoms with Gasteiger partial charge >= 0.3 is 0 Å². The van der Waals surface area contributed by atoms with Crippen molar-refractivity contribution in [1.82, 2.24) is 0 Å². The highest BCUT2D eigenvalue weighted by molar-refractivity contribution is 5.53. The van der Waals surface area contributed by atoms with Gasteiger partial charge in [0.25, 0.3) is 0 Å². The Kier molecular flexibility index (Phi) is 6.95. The summed E-state index contributed by atoms with van der Waals surface area (Å²) in [6.45, 7) is 0. The Balaban J connectivity index is 1.26. The van der Waals surface area contributed by atoms with Crippen LogP contribution in [-0.2, 0) is 10.8 Å².